The average Bonchev–Trinajstić information content (AvgIpc) is 2.50. The number of anilines is 1. The molecule has 0 aliphatic carbocycles. The van der Waals surface area contributed by atoms with E-state index in [0.29, 0.717) is 5.69 Å². The number of amides is 1. The molecule has 1 heterocycles. The van der Waals surface area contributed by atoms with Crippen molar-refractivity contribution < 1.29 is 4.79 Å². The van der Waals surface area contributed by atoms with Crippen LogP contribution in [-0.4, -0.2) is 49.4 Å². The van der Waals surface area contributed by atoms with Gasteiger partial charge in [0.15, 0.2) is 0 Å². The van der Waals surface area contributed by atoms with Gasteiger partial charge in [0.2, 0.25) is 0 Å². The van der Waals surface area contributed by atoms with Gasteiger partial charge < -0.3 is 15.5 Å². The second-order valence-electron chi connectivity index (χ2n) is 5.43. The van der Waals surface area contributed by atoms with Crippen LogP contribution in [0.3, 0.4) is 0 Å². The quantitative estimate of drug-likeness (QED) is 0.838. The Bertz CT molecular complexity index is 457. The van der Waals surface area contributed by atoms with E-state index in [4.69, 9.17) is 5.73 Å². The largest absolute Gasteiger partial charge is 0.398 e. The topological polar surface area (TPSA) is 49.6 Å². The summed E-state index contributed by atoms with van der Waals surface area (Å²) in [5.74, 6) is 0.101. The number of fused-ring (bicyclic) bond motifs is 1. The van der Waals surface area contributed by atoms with Crippen molar-refractivity contribution in [3.8, 4) is 0 Å². The minimum Gasteiger partial charge on any atom is -0.398 e. The van der Waals surface area contributed by atoms with E-state index in [1.165, 1.54) is 0 Å². The first kappa shape index (κ1) is 13.9. The van der Waals surface area contributed by atoms with E-state index in [2.05, 4.69) is 19.0 Å². The summed E-state index contributed by atoms with van der Waals surface area (Å²) in [6.45, 7) is 2.64. The molecule has 0 atom stereocenters. The van der Waals surface area contributed by atoms with Gasteiger partial charge >= 0.3 is 0 Å². The van der Waals surface area contributed by atoms with Crippen molar-refractivity contribution in [2.45, 2.75) is 19.3 Å². The van der Waals surface area contributed by atoms with Crippen LogP contribution < -0.4 is 5.73 Å². The lowest BCUT2D eigenvalue weighted by molar-refractivity contribution is 0.0756. The Morgan fingerprint density at radius 3 is 2.89 bits per heavy atom. The predicted molar refractivity (Wildman–Crippen MR) is 78.2 cm³/mol. The van der Waals surface area contributed by atoms with Gasteiger partial charge in [-0.15, -0.1) is 0 Å². The second kappa shape index (κ2) is 6.06. The molecule has 1 aromatic rings. The molecule has 0 spiro atoms. The average molecular weight is 261 g/mol. The zero-order chi connectivity index (χ0) is 13.8. The molecule has 0 aromatic heterocycles. The molecular weight excluding hydrogens is 238 g/mol. The molecule has 0 radical (unpaired) electrons. The van der Waals surface area contributed by atoms with Crippen molar-refractivity contribution in [3.05, 3.63) is 29.3 Å². The van der Waals surface area contributed by atoms with E-state index in [1.807, 2.05) is 23.1 Å². The molecule has 4 heteroatoms. The van der Waals surface area contributed by atoms with Crippen molar-refractivity contribution >= 4 is 11.6 Å². The van der Waals surface area contributed by atoms with Gasteiger partial charge in [0.25, 0.3) is 5.91 Å². The molecule has 2 N–H and O–H groups in total. The first-order valence-corrected chi connectivity index (χ1v) is 6.91. The number of hydrogen-bond donors (Lipinski definition) is 1. The Balaban J connectivity index is 2.12. The van der Waals surface area contributed by atoms with Crippen LogP contribution in [0.1, 0.15) is 28.8 Å². The van der Waals surface area contributed by atoms with Gasteiger partial charge in [-0.3, -0.25) is 4.79 Å². The lowest BCUT2D eigenvalue weighted by atomic mass is 10.0. The Hall–Kier alpha value is -1.55. The molecule has 0 unspecified atom stereocenters. The van der Waals surface area contributed by atoms with Gasteiger partial charge in [-0.2, -0.15) is 0 Å². The summed E-state index contributed by atoms with van der Waals surface area (Å²) >= 11 is 0. The summed E-state index contributed by atoms with van der Waals surface area (Å²) < 4.78 is 0. The third-order valence-corrected chi connectivity index (χ3v) is 3.59. The van der Waals surface area contributed by atoms with Gasteiger partial charge in [0.1, 0.15) is 0 Å². The van der Waals surface area contributed by atoms with Crippen molar-refractivity contribution in [1.29, 1.82) is 0 Å². The number of benzene rings is 1. The molecule has 19 heavy (non-hydrogen) atoms. The summed E-state index contributed by atoms with van der Waals surface area (Å²) in [6, 6.07) is 5.77. The molecule has 1 aromatic carbocycles. The lowest BCUT2D eigenvalue weighted by Crippen LogP contribution is -2.33. The van der Waals surface area contributed by atoms with E-state index >= 15 is 0 Å². The van der Waals surface area contributed by atoms with Crippen molar-refractivity contribution in [2.24, 2.45) is 0 Å². The van der Waals surface area contributed by atoms with E-state index < -0.39 is 0 Å². The molecule has 0 fully saturated rings. The Morgan fingerprint density at radius 1 is 1.37 bits per heavy atom. The fraction of sp³-hybridized carbons (Fsp3) is 0.533. The first-order valence-electron chi connectivity index (χ1n) is 6.91. The van der Waals surface area contributed by atoms with Gasteiger partial charge in [0.05, 0.1) is 5.56 Å². The van der Waals surface area contributed by atoms with Crippen molar-refractivity contribution in [1.82, 2.24) is 9.80 Å². The SMILES string of the molecule is CN(C)CCCN1CCCc2cccc(N)c2C1=O. The van der Waals surface area contributed by atoms with Gasteiger partial charge in [-0.05, 0) is 51.5 Å². The van der Waals surface area contributed by atoms with E-state index in [-0.39, 0.29) is 5.91 Å². The number of carbonyl (C=O) groups is 1. The third-order valence-electron chi connectivity index (χ3n) is 3.59. The third kappa shape index (κ3) is 3.26. The normalized spacial score (nSPS) is 15.5. The summed E-state index contributed by atoms with van der Waals surface area (Å²) in [4.78, 5) is 16.7. The molecule has 1 aliphatic heterocycles. The molecule has 1 aliphatic rings. The van der Waals surface area contributed by atoms with Crippen LogP contribution in [0.25, 0.3) is 0 Å². The molecule has 4 nitrogen and oxygen atoms in total. The minimum atomic E-state index is 0.101. The van der Waals surface area contributed by atoms with Crippen molar-refractivity contribution in [2.75, 3.05) is 39.5 Å². The monoisotopic (exact) mass is 261 g/mol. The molecule has 0 saturated heterocycles. The van der Waals surface area contributed by atoms with E-state index in [0.717, 1.165) is 50.0 Å². The highest BCUT2D eigenvalue weighted by molar-refractivity contribution is 6.00. The minimum absolute atomic E-state index is 0.101. The van der Waals surface area contributed by atoms with Gasteiger partial charge in [0, 0.05) is 18.8 Å². The molecular formula is C15H23N3O. The summed E-state index contributed by atoms with van der Waals surface area (Å²) in [5, 5.41) is 0. The van der Waals surface area contributed by atoms with E-state index in [9.17, 15) is 4.79 Å². The summed E-state index contributed by atoms with van der Waals surface area (Å²) in [5.41, 5.74) is 8.42. The van der Waals surface area contributed by atoms with Crippen molar-refractivity contribution in [3.63, 3.8) is 0 Å². The fourth-order valence-electron chi connectivity index (χ4n) is 2.60. The number of aryl methyl sites for hydroxylation is 1. The smallest absolute Gasteiger partial charge is 0.256 e. The predicted octanol–water partition coefficient (Wildman–Crippen LogP) is 1.61. The van der Waals surface area contributed by atoms with Crippen LogP contribution in [-0.2, 0) is 6.42 Å². The molecule has 2 rings (SSSR count). The maximum absolute atomic E-state index is 12.6. The Morgan fingerprint density at radius 2 is 2.16 bits per heavy atom. The van der Waals surface area contributed by atoms with E-state index in [1.54, 1.807) is 0 Å². The van der Waals surface area contributed by atoms with Crippen LogP contribution >= 0.6 is 0 Å². The number of nitrogen functional groups attached to an aromatic ring is 1. The number of rotatable bonds is 4. The number of nitrogens with zero attached hydrogens (tertiary/aromatic N) is 2. The summed E-state index contributed by atoms with van der Waals surface area (Å²) in [7, 11) is 4.11. The molecule has 1 amide bonds. The molecule has 0 saturated carbocycles. The van der Waals surface area contributed by atoms with Crippen LogP contribution in [0, 0.1) is 0 Å². The molecule has 104 valence electrons. The second-order valence-corrected chi connectivity index (χ2v) is 5.43. The van der Waals surface area contributed by atoms with Gasteiger partial charge in [-0.25, -0.2) is 0 Å². The zero-order valence-corrected chi connectivity index (χ0v) is 11.9. The maximum atomic E-state index is 12.6. The maximum Gasteiger partial charge on any atom is 0.256 e. The lowest BCUT2D eigenvalue weighted by Gasteiger charge is -2.22. The fourth-order valence-corrected chi connectivity index (χ4v) is 2.60. The Labute approximate surface area is 115 Å². The van der Waals surface area contributed by atoms with Crippen LogP contribution in [0.15, 0.2) is 18.2 Å². The Kier molecular flexibility index (Phi) is 4.43. The zero-order valence-electron chi connectivity index (χ0n) is 11.9. The number of nitrogens with two attached hydrogens (primary N) is 1. The van der Waals surface area contributed by atoms with Gasteiger partial charge in [-0.1, -0.05) is 12.1 Å². The highest BCUT2D eigenvalue weighted by atomic mass is 16.2. The van der Waals surface area contributed by atoms with Crippen LogP contribution in [0.4, 0.5) is 5.69 Å². The highest BCUT2D eigenvalue weighted by Gasteiger charge is 2.23. The number of hydrogen-bond acceptors (Lipinski definition) is 3. The molecule has 0 bridgehead atoms. The number of carbonyl (C=O) groups excluding carboxylic acids is 1. The first-order chi connectivity index (χ1) is 9.09. The van der Waals surface area contributed by atoms with Crippen LogP contribution in [0.2, 0.25) is 0 Å². The highest BCUT2D eigenvalue weighted by Crippen LogP contribution is 2.24. The standard InChI is InChI=1S/C15H23N3O/c1-17(2)9-5-11-18-10-4-7-12-6-3-8-13(16)14(12)15(18)19/h3,6,8H,4-5,7,9-11,16H2,1-2H3. The van der Waals surface area contributed by atoms with Crippen LogP contribution in [0.5, 0.6) is 0 Å². The summed E-state index contributed by atoms with van der Waals surface area (Å²) in [6.07, 6.45) is 2.96.